The van der Waals surface area contributed by atoms with Gasteiger partial charge >= 0.3 is 0 Å². The number of hydrogen-bond acceptors (Lipinski definition) is 0. The molecule has 0 saturated heterocycles. The van der Waals surface area contributed by atoms with Crippen LogP contribution >= 0.6 is 0 Å². The number of hydrogen-bond donors (Lipinski definition) is 0. The van der Waals surface area contributed by atoms with Crippen molar-refractivity contribution < 1.29 is 0 Å². The first-order valence-electron chi connectivity index (χ1n) is 5.24. The Morgan fingerprint density at radius 3 is 2.43 bits per heavy atom. The molecule has 0 radical (unpaired) electrons. The van der Waals surface area contributed by atoms with Gasteiger partial charge < -0.3 is 0 Å². The Labute approximate surface area is 86.2 Å². The number of benzene rings is 2. The van der Waals surface area contributed by atoms with Crippen molar-refractivity contribution in [2.24, 2.45) is 0 Å². The summed E-state index contributed by atoms with van der Waals surface area (Å²) in [5.74, 6) is 0.723. The zero-order valence-electron chi connectivity index (χ0n) is 8.83. The van der Waals surface area contributed by atoms with E-state index in [1.165, 1.54) is 23.5 Å². The van der Waals surface area contributed by atoms with Crippen molar-refractivity contribution in [1.82, 2.24) is 0 Å². The van der Waals surface area contributed by atoms with Gasteiger partial charge in [0.1, 0.15) is 0 Å². The molecule has 70 valence electrons. The standard InChI is InChI=1S/C13H15B/c1-10(2)14-13-9-5-7-11-6-3-4-8-12(11)13/h3-10,14H,1-2H3. The van der Waals surface area contributed by atoms with Crippen molar-refractivity contribution in [1.29, 1.82) is 0 Å². The molecule has 0 unspecified atom stereocenters. The van der Waals surface area contributed by atoms with Gasteiger partial charge in [-0.25, -0.2) is 0 Å². The summed E-state index contributed by atoms with van der Waals surface area (Å²) in [5, 5.41) is 2.76. The first kappa shape index (κ1) is 9.33. The van der Waals surface area contributed by atoms with Gasteiger partial charge in [0.2, 0.25) is 0 Å². The maximum Gasteiger partial charge on any atom is 0.161 e. The third-order valence-corrected chi connectivity index (χ3v) is 2.51. The molecule has 0 aliphatic carbocycles. The van der Waals surface area contributed by atoms with Crippen molar-refractivity contribution in [3.05, 3.63) is 42.5 Å². The summed E-state index contributed by atoms with van der Waals surface area (Å²) in [6.07, 6.45) is 0. The Kier molecular flexibility index (Phi) is 2.58. The maximum absolute atomic E-state index is 2.27. The molecule has 2 aromatic rings. The van der Waals surface area contributed by atoms with Gasteiger partial charge in [-0.2, -0.15) is 0 Å². The lowest BCUT2D eigenvalue weighted by atomic mass is 9.59. The smallest absolute Gasteiger partial charge is 0.0766 e. The minimum absolute atomic E-state index is 0.723. The molecule has 0 bridgehead atoms. The predicted molar refractivity (Wildman–Crippen MR) is 65.8 cm³/mol. The van der Waals surface area contributed by atoms with Crippen LogP contribution in [0.1, 0.15) is 13.8 Å². The van der Waals surface area contributed by atoms with E-state index in [9.17, 15) is 0 Å². The average molecular weight is 182 g/mol. The normalized spacial score (nSPS) is 10.8. The van der Waals surface area contributed by atoms with Gasteiger partial charge in [-0.05, 0) is 10.8 Å². The zero-order chi connectivity index (χ0) is 9.97. The summed E-state index contributed by atoms with van der Waals surface area (Å²) in [5.41, 5.74) is 1.47. The summed E-state index contributed by atoms with van der Waals surface area (Å²) in [7, 11) is 1.17. The molecule has 2 aromatic carbocycles. The van der Waals surface area contributed by atoms with Crippen LogP contribution in [-0.2, 0) is 0 Å². The fourth-order valence-corrected chi connectivity index (χ4v) is 1.91. The monoisotopic (exact) mass is 182 g/mol. The molecular weight excluding hydrogens is 167 g/mol. The van der Waals surface area contributed by atoms with Crippen LogP contribution in [0.25, 0.3) is 10.8 Å². The zero-order valence-corrected chi connectivity index (χ0v) is 8.83. The van der Waals surface area contributed by atoms with Crippen LogP contribution in [0.3, 0.4) is 0 Å². The van der Waals surface area contributed by atoms with Crippen molar-refractivity contribution in [3.63, 3.8) is 0 Å². The minimum Gasteiger partial charge on any atom is -0.0766 e. The van der Waals surface area contributed by atoms with Crippen LogP contribution in [0.5, 0.6) is 0 Å². The van der Waals surface area contributed by atoms with E-state index in [0.717, 1.165) is 5.82 Å². The Balaban J connectivity index is 2.53. The van der Waals surface area contributed by atoms with E-state index < -0.39 is 0 Å². The van der Waals surface area contributed by atoms with Gasteiger partial charge in [0, 0.05) is 0 Å². The van der Waals surface area contributed by atoms with E-state index in [1.807, 2.05) is 0 Å². The maximum atomic E-state index is 2.27. The summed E-state index contributed by atoms with van der Waals surface area (Å²) in [4.78, 5) is 0. The summed E-state index contributed by atoms with van der Waals surface area (Å²) in [6.45, 7) is 4.53. The highest BCUT2D eigenvalue weighted by Crippen LogP contribution is 2.11. The fourth-order valence-electron chi connectivity index (χ4n) is 1.91. The van der Waals surface area contributed by atoms with Gasteiger partial charge in [0.05, 0.1) is 0 Å². The largest absolute Gasteiger partial charge is 0.161 e. The van der Waals surface area contributed by atoms with Crippen LogP contribution in [0, 0.1) is 0 Å². The van der Waals surface area contributed by atoms with Gasteiger partial charge in [0.15, 0.2) is 7.28 Å². The third kappa shape index (κ3) is 1.82. The second kappa shape index (κ2) is 3.87. The molecule has 0 heterocycles. The second-order valence-electron chi connectivity index (χ2n) is 4.24. The highest BCUT2D eigenvalue weighted by molar-refractivity contribution is 6.58. The lowest BCUT2D eigenvalue weighted by Gasteiger charge is -2.06. The number of fused-ring (bicyclic) bond motifs is 1. The second-order valence-corrected chi connectivity index (χ2v) is 4.24. The van der Waals surface area contributed by atoms with E-state index in [2.05, 4.69) is 56.3 Å². The lowest BCUT2D eigenvalue weighted by molar-refractivity contribution is 1.07. The topological polar surface area (TPSA) is 0 Å². The van der Waals surface area contributed by atoms with Crippen molar-refractivity contribution in [2.75, 3.05) is 0 Å². The molecular formula is C13H15B. The highest BCUT2D eigenvalue weighted by Gasteiger charge is 2.03. The first-order chi connectivity index (χ1) is 6.77. The Morgan fingerprint density at radius 1 is 0.929 bits per heavy atom. The van der Waals surface area contributed by atoms with Crippen LogP contribution in [0.15, 0.2) is 42.5 Å². The molecule has 1 heteroatoms. The molecule has 14 heavy (non-hydrogen) atoms. The van der Waals surface area contributed by atoms with E-state index in [1.54, 1.807) is 0 Å². The first-order valence-corrected chi connectivity index (χ1v) is 5.24. The van der Waals surface area contributed by atoms with E-state index in [0.29, 0.717) is 0 Å². The van der Waals surface area contributed by atoms with Crippen molar-refractivity contribution >= 4 is 23.5 Å². The third-order valence-electron chi connectivity index (χ3n) is 2.51. The molecule has 0 nitrogen and oxygen atoms in total. The quantitative estimate of drug-likeness (QED) is 0.626. The van der Waals surface area contributed by atoms with E-state index in [4.69, 9.17) is 0 Å². The van der Waals surface area contributed by atoms with Crippen molar-refractivity contribution in [2.45, 2.75) is 19.7 Å². The van der Waals surface area contributed by atoms with Crippen LogP contribution in [-0.4, -0.2) is 7.28 Å². The van der Waals surface area contributed by atoms with Gasteiger partial charge in [0.25, 0.3) is 0 Å². The lowest BCUT2D eigenvalue weighted by Crippen LogP contribution is -2.17. The molecule has 0 aromatic heterocycles. The SMILES string of the molecule is CC(C)Bc1cccc2ccccc12. The Bertz CT molecular complexity index is 427. The summed E-state index contributed by atoms with van der Waals surface area (Å²) >= 11 is 0. The molecule has 2 rings (SSSR count). The minimum atomic E-state index is 0.723. The fraction of sp³-hybridized carbons (Fsp3) is 0.231. The molecule has 0 spiro atoms. The van der Waals surface area contributed by atoms with Gasteiger partial charge in [-0.1, -0.05) is 67.6 Å². The van der Waals surface area contributed by atoms with Gasteiger partial charge in [-0.3, -0.25) is 0 Å². The predicted octanol–water partition coefficient (Wildman–Crippen LogP) is 2.73. The molecule has 0 aliphatic rings. The summed E-state index contributed by atoms with van der Waals surface area (Å²) in [6, 6.07) is 15.2. The van der Waals surface area contributed by atoms with Crippen LogP contribution < -0.4 is 5.46 Å². The Hall–Kier alpha value is -1.24. The van der Waals surface area contributed by atoms with E-state index in [-0.39, 0.29) is 0 Å². The highest BCUT2D eigenvalue weighted by atomic mass is 14.0. The summed E-state index contributed by atoms with van der Waals surface area (Å²) < 4.78 is 0. The molecule has 0 amide bonds. The number of rotatable bonds is 2. The molecule has 0 N–H and O–H groups in total. The van der Waals surface area contributed by atoms with Crippen LogP contribution in [0.4, 0.5) is 0 Å². The molecule has 0 saturated carbocycles. The van der Waals surface area contributed by atoms with E-state index >= 15 is 0 Å². The average Bonchev–Trinajstić information content (AvgIpc) is 2.18. The van der Waals surface area contributed by atoms with Gasteiger partial charge in [-0.15, -0.1) is 0 Å². The molecule has 0 fully saturated rings. The van der Waals surface area contributed by atoms with Crippen LogP contribution in [0.2, 0.25) is 5.82 Å². The molecule has 0 atom stereocenters. The molecule has 0 aliphatic heterocycles. The van der Waals surface area contributed by atoms with Crippen molar-refractivity contribution in [3.8, 4) is 0 Å². The Morgan fingerprint density at radius 2 is 1.64 bits per heavy atom.